The van der Waals surface area contributed by atoms with Crippen molar-refractivity contribution in [2.75, 3.05) is 0 Å². The van der Waals surface area contributed by atoms with Gasteiger partial charge >= 0.3 is 0 Å². The van der Waals surface area contributed by atoms with Crippen molar-refractivity contribution in [3.63, 3.8) is 0 Å². The molecule has 0 aliphatic rings. The first-order chi connectivity index (χ1) is 3.55. The molecule has 8 heavy (non-hydrogen) atoms. The van der Waals surface area contributed by atoms with Crippen LogP contribution in [0.3, 0.4) is 0 Å². The fourth-order valence-corrected chi connectivity index (χ4v) is 0.411. The maximum Gasteiger partial charge on any atom is 0.249 e. The molecule has 0 aromatic rings. The van der Waals surface area contributed by atoms with Gasteiger partial charge in [-0.1, -0.05) is 11.6 Å². The Balaban J connectivity index is 4.23. The maximum absolute atomic E-state index is 10.2. The molecule has 0 atom stereocenters. The van der Waals surface area contributed by atoms with E-state index in [1.165, 1.54) is 0 Å². The number of carbonyl (C=O) groups excluding carboxylic acids is 1. The summed E-state index contributed by atoms with van der Waals surface area (Å²) >= 11 is 10.4. The summed E-state index contributed by atoms with van der Waals surface area (Å²) in [5.41, 5.74) is 0.410. The van der Waals surface area contributed by atoms with Gasteiger partial charge in [0.05, 0.1) is 0 Å². The van der Waals surface area contributed by atoms with Crippen molar-refractivity contribution < 1.29 is 4.79 Å². The summed E-state index contributed by atoms with van der Waals surface area (Å²) in [6.07, 6.45) is 0. The number of allylic oxidation sites excluding steroid dienone is 2. The highest BCUT2D eigenvalue weighted by Crippen LogP contribution is 2.09. The summed E-state index contributed by atoms with van der Waals surface area (Å²) in [7, 11) is 0. The lowest BCUT2D eigenvalue weighted by Crippen LogP contribution is -1.87. The lowest BCUT2D eigenvalue weighted by molar-refractivity contribution is -0.108. The number of hydrogen-bond donors (Lipinski definition) is 0. The van der Waals surface area contributed by atoms with Crippen molar-refractivity contribution >= 4 is 28.4 Å². The van der Waals surface area contributed by atoms with E-state index in [2.05, 4.69) is 0 Å². The summed E-state index contributed by atoms with van der Waals surface area (Å²) in [6.45, 7) is 3.20. The molecule has 0 unspecified atom stereocenters. The lowest BCUT2D eigenvalue weighted by Gasteiger charge is -1.89. The maximum atomic E-state index is 10.2. The molecule has 0 saturated carbocycles. The van der Waals surface area contributed by atoms with Crippen molar-refractivity contribution in [3.8, 4) is 0 Å². The van der Waals surface area contributed by atoms with Gasteiger partial charge in [-0.3, -0.25) is 4.79 Å². The van der Waals surface area contributed by atoms with Crippen LogP contribution in [0.5, 0.6) is 0 Å². The van der Waals surface area contributed by atoms with Crippen LogP contribution in [0.4, 0.5) is 0 Å². The van der Waals surface area contributed by atoms with Gasteiger partial charge in [0, 0.05) is 10.6 Å². The predicted octanol–water partition coefficient (Wildman–Crippen LogP) is 2.28. The molecule has 1 nitrogen and oxygen atoms in total. The largest absolute Gasteiger partial charge is 0.276 e. The molecule has 0 aliphatic carbocycles. The van der Waals surface area contributed by atoms with Crippen LogP contribution in [0.2, 0.25) is 0 Å². The second kappa shape index (κ2) is 3.10. The molecule has 0 N–H and O–H groups in total. The third-order valence-electron chi connectivity index (χ3n) is 0.812. The number of rotatable bonds is 1. The molecule has 0 saturated heterocycles. The van der Waals surface area contributed by atoms with Crippen LogP contribution >= 0.6 is 23.2 Å². The zero-order chi connectivity index (χ0) is 6.73. The fourth-order valence-electron chi connectivity index (χ4n) is 0.135. The van der Waals surface area contributed by atoms with Crippen molar-refractivity contribution in [2.45, 2.75) is 13.8 Å². The average Bonchev–Trinajstić information content (AvgIpc) is 1.64. The molecule has 0 aromatic carbocycles. The van der Waals surface area contributed by atoms with Crippen LogP contribution in [-0.4, -0.2) is 5.24 Å². The number of halogens is 2. The minimum atomic E-state index is -0.488. The Morgan fingerprint density at radius 3 is 1.62 bits per heavy atom. The van der Waals surface area contributed by atoms with Gasteiger partial charge in [0.25, 0.3) is 0 Å². The summed E-state index contributed by atoms with van der Waals surface area (Å²) < 4.78 is 0. The second-order valence-corrected chi connectivity index (χ2v) is 2.34. The van der Waals surface area contributed by atoms with E-state index in [0.29, 0.717) is 10.6 Å². The highest BCUT2D eigenvalue weighted by Gasteiger charge is 1.99. The quantitative estimate of drug-likeness (QED) is 0.417. The Labute approximate surface area is 58.3 Å². The second-order valence-electron chi connectivity index (χ2n) is 1.43. The standard InChI is InChI=1S/C5H6Cl2O/c1-3(4(2)6)5(7)8/h1-2H3. The normalized spacial score (nSPS) is 13.0. The van der Waals surface area contributed by atoms with Crippen LogP contribution in [0.1, 0.15) is 13.8 Å². The average molecular weight is 153 g/mol. The summed E-state index contributed by atoms with van der Waals surface area (Å²) in [4.78, 5) is 10.2. The molecule has 0 heterocycles. The minimum Gasteiger partial charge on any atom is -0.276 e. The first-order valence-corrected chi connectivity index (χ1v) is 2.84. The Morgan fingerprint density at radius 1 is 1.25 bits per heavy atom. The molecule has 0 aromatic heterocycles. The first-order valence-electron chi connectivity index (χ1n) is 2.08. The topological polar surface area (TPSA) is 17.1 Å². The van der Waals surface area contributed by atoms with Gasteiger partial charge in [0.1, 0.15) is 0 Å². The van der Waals surface area contributed by atoms with Gasteiger partial charge in [-0.2, -0.15) is 0 Å². The molecule has 0 rings (SSSR count). The van der Waals surface area contributed by atoms with E-state index in [1.807, 2.05) is 0 Å². The van der Waals surface area contributed by atoms with Gasteiger partial charge in [-0.05, 0) is 25.4 Å². The zero-order valence-electron chi connectivity index (χ0n) is 4.66. The van der Waals surface area contributed by atoms with Crippen LogP contribution in [-0.2, 0) is 4.79 Å². The highest BCUT2D eigenvalue weighted by atomic mass is 35.5. The monoisotopic (exact) mass is 152 g/mol. The first kappa shape index (κ1) is 7.99. The Morgan fingerprint density at radius 2 is 1.62 bits per heavy atom. The van der Waals surface area contributed by atoms with E-state index in [9.17, 15) is 4.79 Å². The molecule has 0 aliphatic heterocycles. The molecule has 0 radical (unpaired) electrons. The molecule has 0 amide bonds. The van der Waals surface area contributed by atoms with Crippen LogP contribution in [0.15, 0.2) is 10.6 Å². The Hall–Kier alpha value is -0.0100. The van der Waals surface area contributed by atoms with E-state index >= 15 is 0 Å². The molecular weight excluding hydrogens is 147 g/mol. The van der Waals surface area contributed by atoms with E-state index < -0.39 is 5.24 Å². The van der Waals surface area contributed by atoms with Gasteiger partial charge in [0.15, 0.2) is 0 Å². The number of carbonyl (C=O) groups is 1. The fraction of sp³-hybridized carbons (Fsp3) is 0.400. The Bertz CT molecular complexity index is 133. The number of hydrogen-bond acceptors (Lipinski definition) is 1. The van der Waals surface area contributed by atoms with Crippen molar-refractivity contribution in [3.05, 3.63) is 10.6 Å². The van der Waals surface area contributed by atoms with Crippen LogP contribution in [0.25, 0.3) is 0 Å². The summed E-state index contributed by atoms with van der Waals surface area (Å²) in [5, 5.41) is -0.0394. The van der Waals surface area contributed by atoms with E-state index in [-0.39, 0.29) is 0 Å². The van der Waals surface area contributed by atoms with E-state index in [0.717, 1.165) is 0 Å². The van der Waals surface area contributed by atoms with Gasteiger partial charge < -0.3 is 0 Å². The zero-order valence-corrected chi connectivity index (χ0v) is 6.18. The van der Waals surface area contributed by atoms with Crippen molar-refractivity contribution in [2.24, 2.45) is 0 Å². The van der Waals surface area contributed by atoms with E-state index in [4.69, 9.17) is 23.2 Å². The van der Waals surface area contributed by atoms with Gasteiger partial charge in [0.2, 0.25) is 5.24 Å². The highest BCUT2D eigenvalue weighted by molar-refractivity contribution is 6.68. The molecular formula is C5H6Cl2O. The molecule has 0 spiro atoms. The van der Waals surface area contributed by atoms with E-state index in [1.54, 1.807) is 13.8 Å². The van der Waals surface area contributed by atoms with Gasteiger partial charge in [-0.15, -0.1) is 0 Å². The molecule has 3 heteroatoms. The summed E-state index contributed by atoms with van der Waals surface area (Å²) in [6, 6.07) is 0. The lowest BCUT2D eigenvalue weighted by atomic mass is 10.3. The van der Waals surface area contributed by atoms with Crippen LogP contribution < -0.4 is 0 Å². The SMILES string of the molecule is CC(Cl)=C(C)C(=O)Cl. The van der Waals surface area contributed by atoms with Crippen LogP contribution in [0, 0.1) is 0 Å². The predicted molar refractivity (Wildman–Crippen MR) is 35.1 cm³/mol. The molecule has 46 valence electrons. The third kappa shape index (κ3) is 2.34. The minimum absolute atomic E-state index is 0.410. The smallest absolute Gasteiger partial charge is 0.249 e. The summed E-state index contributed by atoms with van der Waals surface area (Å²) in [5.74, 6) is 0. The third-order valence-corrected chi connectivity index (χ3v) is 1.38. The van der Waals surface area contributed by atoms with Crippen molar-refractivity contribution in [1.29, 1.82) is 0 Å². The van der Waals surface area contributed by atoms with Gasteiger partial charge in [-0.25, -0.2) is 0 Å². The van der Waals surface area contributed by atoms with Crippen molar-refractivity contribution in [1.82, 2.24) is 0 Å². The molecule has 0 fully saturated rings. The Kier molecular flexibility index (Phi) is 3.10. The molecule has 0 bridgehead atoms.